The van der Waals surface area contributed by atoms with Crippen LogP contribution in [0.4, 0.5) is 15.8 Å². The van der Waals surface area contributed by atoms with E-state index in [1.165, 1.54) is 23.1 Å². The molecule has 0 heterocycles. The third kappa shape index (κ3) is 2.73. The van der Waals surface area contributed by atoms with Gasteiger partial charge in [-0.25, -0.2) is 4.39 Å². The number of carbonyl (C=O) groups excluding carboxylic acids is 1. The van der Waals surface area contributed by atoms with Crippen LogP contribution in [0.3, 0.4) is 0 Å². The van der Waals surface area contributed by atoms with E-state index in [4.69, 9.17) is 5.73 Å². The number of nitrogen functional groups attached to an aromatic ring is 1. The number of carbonyl (C=O) groups is 1. The highest BCUT2D eigenvalue weighted by atomic mass is 19.1. The number of benzene rings is 2. The molecule has 1 amide bonds. The van der Waals surface area contributed by atoms with Gasteiger partial charge in [0.15, 0.2) is 0 Å². The van der Waals surface area contributed by atoms with E-state index < -0.39 is 0 Å². The van der Waals surface area contributed by atoms with E-state index in [1.54, 1.807) is 38.2 Å². The van der Waals surface area contributed by atoms with Gasteiger partial charge in [0.2, 0.25) is 0 Å². The van der Waals surface area contributed by atoms with Crippen LogP contribution < -0.4 is 10.6 Å². The Balaban J connectivity index is 2.30. The topological polar surface area (TPSA) is 46.3 Å². The number of amides is 1. The molecule has 0 unspecified atom stereocenters. The normalized spacial score (nSPS) is 10.3. The maximum atomic E-state index is 13.0. The number of nitrogens with two attached hydrogens (primary N) is 1. The van der Waals surface area contributed by atoms with Crippen molar-refractivity contribution in [3.63, 3.8) is 0 Å². The molecule has 0 saturated carbocycles. The molecular weight excluding hydrogens is 243 g/mol. The molecule has 2 rings (SSSR count). The van der Waals surface area contributed by atoms with Crippen LogP contribution in [0, 0.1) is 12.7 Å². The lowest BCUT2D eigenvalue weighted by atomic mass is 10.1. The number of hydrogen-bond acceptors (Lipinski definition) is 2. The molecule has 0 fully saturated rings. The van der Waals surface area contributed by atoms with Crippen LogP contribution in [0.25, 0.3) is 0 Å². The fourth-order valence-electron chi connectivity index (χ4n) is 1.86. The molecule has 0 aromatic heterocycles. The molecule has 98 valence electrons. The minimum Gasteiger partial charge on any atom is -0.399 e. The van der Waals surface area contributed by atoms with Gasteiger partial charge in [-0.1, -0.05) is 0 Å². The standard InChI is InChI=1S/C15H15FN2O/c1-10-9-11(16)3-8-14(10)15(19)18(2)13-6-4-12(17)5-7-13/h3-9H,17H2,1-2H3. The minimum absolute atomic E-state index is 0.178. The van der Waals surface area contributed by atoms with E-state index in [1.807, 2.05) is 0 Å². The van der Waals surface area contributed by atoms with Gasteiger partial charge in [0.05, 0.1) is 0 Å². The van der Waals surface area contributed by atoms with E-state index in [2.05, 4.69) is 0 Å². The molecule has 0 saturated heterocycles. The third-order valence-electron chi connectivity index (χ3n) is 3.00. The molecule has 0 atom stereocenters. The number of anilines is 2. The SMILES string of the molecule is Cc1cc(F)ccc1C(=O)N(C)c1ccc(N)cc1. The number of nitrogens with zero attached hydrogens (tertiary/aromatic N) is 1. The summed E-state index contributed by atoms with van der Waals surface area (Å²) in [7, 11) is 1.68. The molecule has 0 aliphatic heterocycles. The first-order chi connectivity index (χ1) is 8.99. The Hall–Kier alpha value is -2.36. The van der Waals surface area contributed by atoms with Crippen LogP contribution in [0.2, 0.25) is 0 Å². The highest BCUT2D eigenvalue weighted by Crippen LogP contribution is 2.19. The Labute approximate surface area is 111 Å². The molecular formula is C15H15FN2O. The van der Waals surface area contributed by atoms with Gasteiger partial charge in [0.1, 0.15) is 5.82 Å². The maximum absolute atomic E-state index is 13.0. The lowest BCUT2D eigenvalue weighted by Gasteiger charge is -2.18. The molecule has 19 heavy (non-hydrogen) atoms. The van der Waals surface area contributed by atoms with Gasteiger partial charge in [-0.2, -0.15) is 0 Å². The highest BCUT2D eigenvalue weighted by Gasteiger charge is 2.15. The predicted octanol–water partition coefficient (Wildman–Crippen LogP) is 2.99. The average molecular weight is 258 g/mol. The monoisotopic (exact) mass is 258 g/mol. The summed E-state index contributed by atoms with van der Waals surface area (Å²) in [6, 6.07) is 11.1. The quantitative estimate of drug-likeness (QED) is 0.842. The Bertz CT molecular complexity index is 608. The molecule has 2 aromatic rings. The first-order valence-corrected chi connectivity index (χ1v) is 5.89. The van der Waals surface area contributed by atoms with Gasteiger partial charge in [-0.05, 0) is 55.0 Å². The van der Waals surface area contributed by atoms with Crippen molar-refractivity contribution < 1.29 is 9.18 Å². The van der Waals surface area contributed by atoms with Gasteiger partial charge in [-0.3, -0.25) is 4.79 Å². The molecule has 4 heteroatoms. The van der Waals surface area contributed by atoms with Crippen molar-refractivity contribution in [1.29, 1.82) is 0 Å². The van der Waals surface area contributed by atoms with Crippen LogP contribution in [0.5, 0.6) is 0 Å². The van der Waals surface area contributed by atoms with Gasteiger partial charge in [0, 0.05) is 24.0 Å². The lowest BCUT2D eigenvalue weighted by molar-refractivity contribution is 0.0992. The summed E-state index contributed by atoms with van der Waals surface area (Å²) in [5.74, 6) is -0.522. The Morgan fingerprint density at radius 1 is 1.16 bits per heavy atom. The summed E-state index contributed by atoms with van der Waals surface area (Å²) in [6.45, 7) is 1.72. The van der Waals surface area contributed by atoms with Crippen molar-refractivity contribution in [3.05, 3.63) is 59.4 Å². The smallest absolute Gasteiger partial charge is 0.258 e. The Morgan fingerprint density at radius 3 is 2.37 bits per heavy atom. The lowest BCUT2D eigenvalue weighted by Crippen LogP contribution is -2.26. The van der Waals surface area contributed by atoms with Crippen molar-refractivity contribution in [2.75, 3.05) is 17.7 Å². The maximum Gasteiger partial charge on any atom is 0.258 e. The zero-order valence-electron chi connectivity index (χ0n) is 10.9. The van der Waals surface area contributed by atoms with Gasteiger partial charge < -0.3 is 10.6 Å². The molecule has 0 aliphatic carbocycles. The second-order valence-corrected chi connectivity index (χ2v) is 4.41. The van der Waals surface area contributed by atoms with Gasteiger partial charge in [0.25, 0.3) is 5.91 Å². The van der Waals surface area contributed by atoms with Crippen molar-refractivity contribution in [3.8, 4) is 0 Å². The first kappa shape index (κ1) is 13.1. The van der Waals surface area contributed by atoms with E-state index in [-0.39, 0.29) is 11.7 Å². The molecule has 3 nitrogen and oxygen atoms in total. The summed E-state index contributed by atoms with van der Waals surface area (Å²) in [5.41, 5.74) is 8.09. The summed E-state index contributed by atoms with van der Waals surface area (Å²) in [6.07, 6.45) is 0. The second-order valence-electron chi connectivity index (χ2n) is 4.41. The first-order valence-electron chi connectivity index (χ1n) is 5.89. The summed E-state index contributed by atoms with van der Waals surface area (Å²) >= 11 is 0. The van der Waals surface area contributed by atoms with Crippen molar-refractivity contribution in [2.24, 2.45) is 0 Å². The van der Waals surface area contributed by atoms with Crippen LogP contribution >= 0.6 is 0 Å². The average Bonchev–Trinajstić information content (AvgIpc) is 2.38. The summed E-state index contributed by atoms with van der Waals surface area (Å²) in [5, 5.41) is 0. The van der Waals surface area contributed by atoms with E-state index >= 15 is 0 Å². The minimum atomic E-state index is -0.343. The van der Waals surface area contributed by atoms with E-state index in [0.29, 0.717) is 16.8 Å². The highest BCUT2D eigenvalue weighted by molar-refractivity contribution is 6.06. The number of aryl methyl sites for hydroxylation is 1. The van der Waals surface area contributed by atoms with Crippen LogP contribution in [-0.4, -0.2) is 13.0 Å². The van der Waals surface area contributed by atoms with Crippen molar-refractivity contribution >= 4 is 17.3 Å². The zero-order valence-corrected chi connectivity index (χ0v) is 10.9. The second kappa shape index (κ2) is 5.10. The van der Waals surface area contributed by atoms with E-state index in [0.717, 1.165) is 5.69 Å². The fourth-order valence-corrected chi connectivity index (χ4v) is 1.86. The fraction of sp³-hybridized carbons (Fsp3) is 0.133. The summed E-state index contributed by atoms with van der Waals surface area (Å²) < 4.78 is 13.0. The summed E-state index contributed by atoms with van der Waals surface area (Å²) in [4.78, 5) is 13.8. The molecule has 0 aliphatic rings. The molecule has 2 N–H and O–H groups in total. The number of rotatable bonds is 2. The third-order valence-corrected chi connectivity index (χ3v) is 3.00. The number of hydrogen-bond donors (Lipinski definition) is 1. The zero-order chi connectivity index (χ0) is 14.0. The largest absolute Gasteiger partial charge is 0.399 e. The molecule has 2 aromatic carbocycles. The number of halogens is 1. The van der Waals surface area contributed by atoms with Crippen LogP contribution in [0.1, 0.15) is 15.9 Å². The van der Waals surface area contributed by atoms with Crippen LogP contribution in [-0.2, 0) is 0 Å². The van der Waals surface area contributed by atoms with Gasteiger partial charge in [-0.15, -0.1) is 0 Å². The van der Waals surface area contributed by atoms with Crippen molar-refractivity contribution in [1.82, 2.24) is 0 Å². The van der Waals surface area contributed by atoms with Crippen molar-refractivity contribution in [2.45, 2.75) is 6.92 Å². The van der Waals surface area contributed by atoms with Gasteiger partial charge >= 0.3 is 0 Å². The Kier molecular flexibility index (Phi) is 3.51. The molecule has 0 spiro atoms. The molecule has 0 radical (unpaired) electrons. The van der Waals surface area contributed by atoms with Crippen LogP contribution in [0.15, 0.2) is 42.5 Å². The Morgan fingerprint density at radius 2 is 1.79 bits per heavy atom. The predicted molar refractivity (Wildman–Crippen MR) is 74.7 cm³/mol. The molecule has 0 bridgehead atoms. The van der Waals surface area contributed by atoms with E-state index in [9.17, 15) is 9.18 Å².